The van der Waals surface area contributed by atoms with Crippen LogP contribution in [-0.4, -0.2) is 113 Å². The fourth-order valence-corrected chi connectivity index (χ4v) is 14.2. The van der Waals surface area contributed by atoms with E-state index in [1.165, 1.54) is 60.1 Å². The van der Waals surface area contributed by atoms with Gasteiger partial charge in [-0.25, -0.2) is 0 Å². The van der Waals surface area contributed by atoms with Gasteiger partial charge in [0.2, 0.25) is 0 Å². The summed E-state index contributed by atoms with van der Waals surface area (Å²) >= 11 is 0. The van der Waals surface area contributed by atoms with Gasteiger partial charge in [-0.05, 0) is 219 Å². The third-order valence-corrected chi connectivity index (χ3v) is 21.6. The lowest BCUT2D eigenvalue weighted by Crippen LogP contribution is -2.27. The van der Waals surface area contributed by atoms with Crippen LogP contribution in [0.15, 0.2) is 306 Å². The smallest absolute Gasteiger partial charge is 0.320 e. The van der Waals surface area contributed by atoms with E-state index in [0.717, 1.165) is 106 Å². The standard InChI is InChI=1S/C22H23BO.C21H22BNO.C21H21BO2.C16H19BO2.C15H18BNO2.C15H17BO3/c1-16(2)20-13-17(14-21(15-20)23(3)24)11-12-19-9-6-8-18-7-4-5-10-22(18)19;1-22(24)19-13-16(14-20(15-19)23(2)3)11-12-18-9-6-8-17-7-4-5-10-21(17)18;1-3-24-20-14-16(13-19(15-20)22(2)23)11-12-18-9-6-8-17-7-4-5-10-21(17)18;1-12(2)15-8-14(9-16(10-15)17(3)18)5-4-13-6-7-19-11-13;1-16(18)14-8-13(9-15(10-14)17(2)3)5-4-12-6-7-19-11-12;1-3-19-15-9-13(8-14(10-15)16(2)17)5-4-12-6-7-18-11-12/h4-16,24H,1-3H3;4-15,24H,1-3H3;4-15,23H,3H2,1-2H3;4-12,18H,1-3H3;4-11,18H,1-3H3;4-11,17H,3H2,1-2H3/b3*12-11+;3*5-4+. The second kappa shape index (κ2) is 49.4. The van der Waals surface area contributed by atoms with E-state index in [-0.39, 0.29) is 0 Å². The van der Waals surface area contributed by atoms with Crippen molar-refractivity contribution in [3.63, 3.8) is 0 Å². The SMILES string of the molecule is CB(O)c1cc(/C=C/c2cccc3ccccc23)cc(C(C)C)c1.CB(O)c1cc(/C=C/c2cccc3ccccc23)cc(N(C)C)c1.CB(O)c1cc(/C=C/c2ccoc2)cc(C(C)C)c1.CB(O)c1cc(/C=C/c2ccoc2)cc(N(C)C)c1.CCOc1cc(/C=C/c2cccc3ccccc23)cc(B(C)O)c1.CCOc1cc(/C=C/c2ccoc2)cc(B(C)O)c1. The van der Waals surface area contributed by atoms with Gasteiger partial charge in [0.1, 0.15) is 11.5 Å². The average molecular weight is 1710 g/mol. The summed E-state index contributed by atoms with van der Waals surface area (Å²) in [5, 5.41) is 66.5. The van der Waals surface area contributed by atoms with Crippen molar-refractivity contribution in [3.05, 3.63) is 370 Å². The highest BCUT2D eigenvalue weighted by Crippen LogP contribution is 2.28. The van der Waals surface area contributed by atoms with Crippen LogP contribution in [0.2, 0.25) is 40.9 Å². The minimum Gasteiger partial charge on any atom is -0.494 e. The number of nitrogens with zero attached hydrogens (tertiary/aromatic N) is 2. The van der Waals surface area contributed by atoms with Crippen molar-refractivity contribution in [2.45, 2.75) is 94.3 Å². The first-order valence-corrected chi connectivity index (χ1v) is 44.2. The molecule has 12 aromatic carbocycles. The Morgan fingerprint density at radius 1 is 0.279 bits per heavy atom. The van der Waals surface area contributed by atoms with Crippen LogP contribution in [0.5, 0.6) is 11.5 Å². The molecule has 13 nitrogen and oxygen atoms in total. The van der Waals surface area contributed by atoms with Crippen LogP contribution in [0.1, 0.15) is 131 Å². The molecule has 0 spiro atoms. The van der Waals surface area contributed by atoms with Gasteiger partial charge in [0, 0.05) is 56.3 Å². The molecule has 0 fully saturated rings. The van der Waals surface area contributed by atoms with Crippen molar-refractivity contribution in [2.24, 2.45) is 0 Å². The van der Waals surface area contributed by atoms with Crippen molar-refractivity contribution in [3.8, 4) is 11.5 Å². The fourth-order valence-electron chi connectivity index (χ4n) is 14.2. The summed E-state index contributed by atoms with van der Waals surface area (Å²) in [5.74, 6) is 2.44. The topological polar surface area (TPSA) is 186 Å². The van der Waals surface area contributed by atoms with Crippen LogP contribution in [0.3, 0.4) is 0 Å². The quantitative estimate of drug-likeness (QED) is 0.0222. The van der Waals surface area contributed by atoms with Crippen molar-refractivity contribution in [2.75, 3.05) is 51.2 Å². The molecule has 6 N–H and O–H groups in total. The maximum atomic E-state index is 9.96. The maximum absolute atomic E-state index is 9.96. The van der Waals surface area contributed by atoms with Gasteiger partial charge in [-0.1, -0.05) is 330 Å². The molecule has 0 unspecified atom stereocenters. The summed E-state index contributed by atoms with van der Waals surface area (Å²) in [6.07, 6.45) is 34.7. The first-order valence-electron chi connectivity index (χ1n) is 44.2. The summed E-state index contributed by atoms with van der Waals surface area (Å²) in [7, 11) is 8.01. The number of hydrogen-bond donors (Lipinski definition) is 6. The van der Waals surface area contributed by atoms with Crippen LogP contribution < -0.4 is 52.1 Å². The van der Waals surface area contributed by atoms with Crippen LogP contribution in [0.25, 0.3) is 105 Å². The Bertz CT molecular complexity index is 5850. The van der Waals surface area contributed by atoms with Gasteiger partial charge in [-0.3, -0.25) is 0 Å². The molecule has 0 aliphatic rings. The highest BCUT2D eigenvalue weighted by atomic mass is 16.5. The van der Waals surface area contributed by atoms with E-state index in [1.54, 1.807) is 71.7 Å². The normalized spacial score (nSPS) is 11.2. The van der Waals surface area contributed by atoms with Crippen molar-refractivity contribution in [1.82, 2.24) is 0 Å². The highest BCUT2D eigenvalue weighted by Gasteiger charge is 2.17. The molecular formula is C110H120B6N2O11. The van der Waals surface area contributed by atoms with Crippen LogP contribution >= 0.6 is 0 Å². The maximum Gasteiger partial charge on any atom is 0.320 e. The second-order valence-corrected chi connectivity index (χ2v) is 33.1. The van der Waals surface area contributed by atoms with Gasteiger partial charge < -0.3 is 62.7 Å². The molecule has 15 aromatic rings. The predicted octanol–water partition coefficient (Wildman–Crippen LogP) is 21.5. The second-order valence-electron chi connectivity index (χ2n) is 33.1. The molecule has 19 heteroatoms. The lowest BCUT2D eigenvalue weighted by atomic mass is 9.63. The first-order chi connectivity index (χ1) is 62.1. The summed E-state index contributed by atoms with van der Waals surface area (Å²) in [6, 6.07) is 86.5. The number of rotatable bonds is 26. The summed E-state index contributed by atoms with van der Waals surface area (Å²) in [4.78, 5) is 4.09. The van der Waals surface area contributed by atoms with Crippen molar-refractivity contribution in [1.29, 1.82) is 0 Å². The van der Waals surface area contributed by atoms with E-state index in [1.807, 2.05) is 175 Å². The number of hydrogen-bond acceptors (Lipinski definition) is 13. The molecule has 0 aliphatic heterocycles. The number of ether oxygens (including phenoxy) is 2. The summed E-state index contributed by atoms with van der Waals surface area (Å²) < 4.78 is 26.2. The zero-order valence-corrected chi connectivity index (χ0v) is 77.3. The van der Waals surface area contributed by atoms with Gasteiger partial charge in [0.05, 0.1) is 50.8 Å². The van der Waals surface area contributed by atoms with E-state index in [2.05, 4.69) is 239 Å². The molecule has 654 valence electrons. The van der Waals surface area contributed by atoms with E-state index in [0.29, 0.717) is 25.0 Å². The van der Waals surface area contributed by atoms with Crippen LogP contribution in [0, 0.1) is 0 Å². The molecule has 3 heterocycles. The van der Waals surface area contributed by atoms with E-state index in [9.17, 15) is 30.1 Å². The Morgan fingerprint density at radius 2 is 0.527 bits per heavy atom. The Balaban J connectivity index is 0.000000162. The third kappa shape index (κ3) is 30.6. The van der Waals surface area contributed by atoms with Gasteiger partial charge in [0.15, 0.2) is 0 Å². The van der Waals surface area contributed by atoms with Crippen molar-refractivity contribution < 1.29 is 52.9 Å². The molecule has 15 rings (SSSR count). The van der Waals surface area contributed by atoms with E-state index < -0.39 is 41.5 Å². The summed E-state index contributed by atoms with van der Waals surface area (Å²) in [6.45, 7) is 21.6. The minimum atomic E-state index is -0.518. The lowest BCUT2D eigenvalue weighted by molar-refractivity contribution is 0.340. The molecule has 0 radical (unpaired) electrons. The fraction of sp³-hybridized carbons (Fsp3) is 0.182. The Morgan fingerprint density at radius 3 is 0.791 bits per heavy atom. The van der Waals surface area contributed by atoms with Gasteiger partial charge in [0.25, 0.3) is 0 Å². The number of benzene rings is 12. The highest BCUT2D eigenvalue weighted by molar-refractivity contribution is 6.67. The molecule has 0 aliphatic carbocycles. The molecule has 0 bridgehead atoms. The summed E-state index contributed by atoms with van der Waals surface area (Å²) in [5.41, 5.74) is 23.2. The molecule has 0 atom stereocenters. The van der Waals surface area contributed by atoms with Gasteiger partial charge >= 0.3 is 41.5 Å². The van der Waals surface area contributed by atoms with E-state index >= 15 is 0 Å². The monoisotopic (exact) mass is 1710 g/mol. The van der Waals surface area contributed by atoms with Crippen LogP contribution in [-0.2, 0) is 0 Å². The molecule has 0 amide bonds. The van der Waals surface area contributed by atoms with Crippen LogP contribution in [0.4, 0.5) is 11.4 Å². The lowest BCUT2D eigenvalue weighted by Gasteiger charge is -2.15. The minimum absolute atomic E-state index is 0.438. The largest absolute Gasteiger partial charge is 0.494 e. The number of anilines is 2. The third-order valence-electron chi connectivity index (χ3n) is 21.6. The Hall–Kier alpha value is -13.0. The number of fused-ring (bicyclic) bond motifs is 3. The molecule has 129 heavy (non-hydrogen) atoms. The van der Waals surface area contributed by atoms with Crippen molar-refractivity contribution >= 4 is 191 Å². The van der Waals surface area contributed by atoms with Gasteiger partial charge in [-0.2, -0.15) is 0 Å². The predicted molar refractivity (Wildman–Crippen MR) is 560 cm³/mol. The molecule has 3 aromatic heterocycles. The van der Waals surface area contributed by atoms with Gasteiger partial charge in [-0.15, -0.1) is 0 Å². The molecule has 0 saturated carbocycles. The van der Waals surface area contributed by atoms with E-state index in [4.69, 9.17) is 22.7 Å². The zero-order chi connectivity index (χ0) is 92.5. The molecule has 0 saturated heterocycles. The Labute approximate surface area is 766 Å². The Kier molecular flexibility index (Phi) is 37.6. The number of furan rings is 3. The average Bonchev–Trinajstić information content (AvgIpc) is 1.29. The first kappa shape index (κ1) is 98.2. The zero-order valence-electron chi connectivity index (χ0n) is 77.3. The molecular weight excluding hydrogens is 1590 g/mol.